The Morgan fingerprint density at radius 2 is 2.00 bits per heavy atom. The normalized spacial score (nSPS) is 19.0. The molecule has 0 unspecified atom stereocenters. The Morgan fingerprint density at radius 1 is 1.28 bits per heavy atom. The molecule has 2 heterocycles. The molecule has 0 spiro atoms. The van der Waals surface area contributed by atoms with E-state index < -0.39 is 30.1 Å². The summed E-state index contributed by atoms with van der Waals surface area (Å²) in [5.74, 6) is -0.762. The average Bonchev–Trinajstić information content (AvgIpc) is 2.99. The molecule has 0 aliphatic carbocycles. The minimum absolute atomic E-state index is 0. The Bertz CT molecular complexity index is 872. The molecule has 1 aromatic heterocycles. The number of aliphatic hydroxyl groups excluding tert-OH is 1. The van der Waals surface area contributed by atoms with Crippen molar-refractivity contribution < 1.29 is 32.2 Å². The third-order valence-corrected chi connectivity index (χ3v) is 4.20. The van der Waals surface area contributed by atoms with Gasteiger partial charge in [0.15, 0.2) is 0 Å². The van der Waals surface area contributed by atoms with Crippen molar-refractivity contribution in [2.75, 3.05) is 13.1 Å². The molecule has 1 fully saturated rings. The van der Waals surface area contributed by atoms with Crippen molar-refractivity contribution in [2.45, 2.75) is 25.0 Å². The van der Waals surface area contributed by atoms with Gasteiger partial charge in [-0.15, -0.1) is 12.4 Å². The molecular weight excluding hydrogens is 418 g/mol. The van der Waals surface area contributed by atoms with Crippen molar-refractivity contribution in [2.24, 2.45) is 5.73 Å². The SMILES string of the molecule is Cl.NCc1cc(Oc2cccc(C(=O)N3C[C@@H](O)[C@@H](F)C3)c2)nc(C(F)(F)F)c1. The van der Waals surface area contributed by atoms with E-state index in [-0.39, 0.29) is 54.8 Å². The van der Waals surface area contributed by atoms with E-state index in [9.17, 15) is 27.5 Å². The van der Waals surface area contributed by atoms with Gasteiger partial charge in [0.1, 0.15) is 23.7 Å². The second-order valence-corrected chi connectivity index (χ2v) is 6.32. The largest absolute Gasteiger partial charge is 0.439 e. The van der Waals surface area contributed by atoms with Crippen LogP contribution in [0, 0.1) is 0 Å². The van der Waals surface area contributed by atoms with E-state index in [1.165, 1.54) is 30.3 Å². The van der Waals surface area contributed by atoms with Crippen molar-refractivity contribution in [3.05, 3.63) is 53.2 Å². The first-order chi connectivity index (χ1) is 13.2. The lowest BCUT2D eigenvalue weighted by Crippen LogP contribution is -2.29. The fourth-order valence-electron chi connectivity index (χ4n) is 2.78. The second kappa shape index (κ2) is 8.93. The molecule has 2 aromatic rings. The Morgan fingerprint density at radius 3 is 2.59 bits per heavy atom. The van der Waals surface area contributed by atoms with Gasteiger partial charge in [0, 0.05) is 24.7 Å². The Kier molecular flexibility index (Phi) is 7.04. The standard InChI is InChI=1S/C18H17F4N3O3.ClH/c19-13-8-25(9-14(13)26)17(27)11-2-1-3-12(6-11)28-16-5-10(7-23)4-15(24-16)18(20,21)22;/h1-6,13-14,26H,7-9,23H2;1H/t13-,14+;/m0./s1. The Hall–Kier alpha value is -2.43. The highest BCUT2D eigenvalue weighted by Crippen LogP contribution is 2.31. The molecule has 0 saturated carbocycles. The van der Waals surface area contributed by atoms with Crippen molar-refractivity contribution in [1.82, 2.24) is 9.88 Å². The molecule has 2 atom stereocenters. The van der Waals surface area contributed by atoms with Crippen LogP contribution in [0.5, 0.6) is 11.6 Å². The minimum atomic E-state index is -4.67. The lowest BCUT2D eigenvalue weighted by Gasteiger charge is -2.16. The summed E-state index contributed by atoms with van der Waals surface area (Å²) >= 11 is 0. The molecule has 0 radical (unpaired) electrons. The van der Waals surface area contributed by atoms with Gasteiger partial charge in [0.25, 0.3) is 5.91 Å². The number of carbonyl (C=O) groups excluding carboxylic acids is 1. The van der Waals surface area contributed by atoms with E-state index >= 15 is 0 Å². The Balaban J connectivity index is 0.00000300. The topological polar surface area (TPSA) is 88.7 Å². The summed E-state index contributed by atoms with van der Waals surface area (Å²) in [5, 5.41) is 9.45. The number of pyridine rings is 1. The molecule has 3 rings (SSSR count). The molecule has 29 heavy (non-hydrogen) atoms. The van der Waals surface area contributed by atoms with Crippen LogP contribution >= 0.6 is 12.4 Å². The van der Waals surface area contributed by atoms with Crippen LogP contribution in [-0.2, 0) is 12.7 Å². The summed E-state index contributed by atoms with van der Waals surface area (Å²) < 4.78 is 57.7. The van der Waals surface area contributed by atoms with Crippen molar-refractivity contribution in [1.29, 1.82) is 0 Å². The number of nitrogens with zero attached hydrogens (tertiary/aromatic N) is 2. The van der Waals surface area contributed by atoms with Gasteiger partial charge < -0.3 is 20.5 Å². The maximum absolute atomic E-state index is 13.4. The van der Waals surface area contributed by atoms with Gasteiger partial charge in [0.05, 0.1) is 6.54 Å². The number of hydrogen-bond donors (Lipinski definition) is 2. The number of amides is 1. The number of hydrogen-bond acceptors (Lipinski definition) is 5. The first-order valence-corrected chi connectivity index (χ1v) is 8.35. The highest BCUT2D eigenvalue weighted by molar-refractivity contribution is 5.94. The van der Waals surface area contributed by atoms with E-state index in [4.69, 9.17) is 10.5 Å². The molecule has 1 amide bonds. The lowest BCUT2D eigenvalue weighted by atomic mass is 10.2. The number of alkyl halides is 4. The fraction of sp³-hybridized carbons (Fsp3) is 0.333. The predicted molar refractivity (Wildman–Crippen MR) is 97.7 cm³/mol. The summed E-state index contributed by atoms with van der Waals surface area (Å²) in [4.78, 5) is 17.0. The molecule has 6 nitrogen and oxygen atoms in total. The minimum Gasteiger partial charge on any atom is -0.439 e. The maximum Gasteiger partial charge on any atom is 0.433 e. The zero-order valence-electron chi connectivity index (χ0n) is 14.9. The van der Waals surface area contributed by atoms with Crippen LogP contribution in [0.25, 0.3) is 0 Å². The van der Waals surface area contributed by atoms with Gasteiger partial charge in [-0.25, -0.2) is 9.37 Å². The number of halogens is 5. The smallest absolute Gasteiger partial charge is 0.433 e. The van der Waals surface area contributed by atoms with E-state index in [1.807, 2.05) is 0 Å². The molecule has 1 saturated heterocycles. The highest BCUT2D eigenvalue weighted by atomic mass is 35.5. The molecule has 1 aliphatic rings. The lowest BCUT2D eigenvalue weighted by molar-refractivity contribution is -0.141. The van der Waals surface area contributed by atoms with Gasteiger partial charge in [-0.1, -0.05) is 6.07 Å². The number of nitrogens with two attached hydrogens (primary N) is 1. The van der Waals surface area contributed by atoms with Gasteiger partial charge in [0.2, 0.25) is 5.88 Å². The average molecular weight is 436 g/mol. The number of carbonyl (C=O) groups is 1. The van der Waals surface area contributed by atoms with Crippen LogP contribution in [0.2, 0.25) is 0 Å². The number of likely N-dealkylation sites (tertiary alicyclic amines) is 1. The molecular formula is C18H18ClF4N3O3. The third kappa shape index (κ3) is 5.34. The molecule has 158 valence electrons. The highest BCUT2D eigenvalue weighted by Gasteiger charge is 2.35. The van der Waals surface area contributed by atoms with Gasteiger partial charge >= 0.3 is 6.18 Å². The van der Waals surface area contributed by atoms with Crippen LogP contribution in [0.15, 0.2) is 36.4 Å². The van der Waals surface area contributed by atoms with Crippen LogP contribution in [0.4, 0.5) is 17.6 Å². The number of aromatic nitrogens is 1. The summed E-state index contributed by atoms with van der Waals surface area (Å²) in [6, 6.07) is 7.78. The van der Waals surface area contributed by atoms with Crippen LogP contribution < -0.4 is 10.5 Å². The number of benzene rings is 1. The van der Waals surface area contributed by atoms with Crippen LogP contribution in [0.1, 0.15) is 21.6 Å². The maximum atomic E-state index is 13.4. The number of aliphatic hydroxyl groups is 1. The van der Waals surface area contributed by atoms with Gasteiger partial charge in [-0.05, 0) is 29.8 Å². The second-order valence-electron chi connectivity index (χ2n) is 6.32. The van der Waals surface area contributed by atoms with Gasteiger partial charge in [-0.2, -0.15) is 13.2 Å². The molecule has 3 N–H and O–H groups in total. The van der Waals surface area contributed by atoms with E-state index in [0.717, 1.165) is 11.0 Å². The summed E-state index contributed by atoms with van der Waals surface area (Å²) in [6.07, 6.45) is -7.43. The summed E-state index contributed by atoms with van der Waals surface area (Å²) in [5.41, 5.74) is 4.62. The molecule has 11 heteroatoms. The Labute approximate surface area is 169 Å². The monoisotopic (exact) mass is 435 g/mol. The van der Waals surface area contributed by atoms with Crippen LogP contribution in [0.3, 0.4) is 0 Å². The van der Waals surface area contributed by atoms with E-state index in [1.54, 1.807) is 0 Å². The zero-order valence-corrected chi connectivity index (χ0v) is 15.7. The summed E-state index contributed by atoms with van der Waals surface area (Å²) in [7, 11) is 0. The van der Waals surface area contributed by atoms with Crippen LogP contribution in [-0.4, -0.2) is 46.3 Å². The molecule has 0 bridgehead atoms. The van der Waals surface area contributed by atoms with Crippen molar-refractivity contribution in [3.63, 3.8) is 0 Å². The molecule has 1 aliphatic heterocycles. The number of rotatable bonds is 4. The summed E-state index contributed by atoms with van der Waals surface area (Å²) in [6.45, 7) is -0.511. The fourth-order valence-corrected chi connectivity index (χ4v) is 2.78. The predicted octanol–water partition coefficient (Wildman–Crippen LogP) is 2.93. The van der Waals surface area contributed by atoms with E-state index in [0.29, 0.717) is 0 Å². The first-order valence-electron chi connectivity index (χ1n) is 8.35. The number of ether oxygens (including phenoxy) is 1. The van der Waals surface area contributed by atoms with Crippen molar-refractivity contribution in [3.8, 4) is 11.6 Å². The number of β-amino-alcohol motifs (C(OH)–C–C–N with tert-alkyl or cyclic N) is 1. The quantitative estimate of drug-likeness (QED) is 0.721. The van der Waals surface area contributed by atoms with Gasteiger partial charge in [-0.3, -0.25) is 4.79 Å². The van der Waals surface area contributed by atoms with E-state index in [2.05, 4.69) is 4.98 Å². The zero-order chi connectivity index (χ0) is 20.5. The van der Waals surface area contributed by atoms with Crippen molar-refractivity contribution >= 4 is 18.3 Å². The molecule has 1 aromatic carbocycles. The first kappa shape index (κ1) is 22.9. The third-order valence-electron chi connectivity index (χ3n) is 4.20.